The molecule has 0 bridgehead atoms. The van der Waals surface area contributed by atoms with Gasteiger partial charge >= 0.3 is 6.18 Å². The maximum atomic E-state index is 13.3. The number of amides is 2. The third kappa shape index (κ3) is 5.06. The summed E-state index contributed by atoms with van der Waals surface area (Å²) in [5.41, 5.74) is 3.15. The van der Waals surface area contributed by atoms with E-state index in [4.69, 9.17) is 9.15 Å². The van der Waals surface area contributed by atoms with Crippen molar-refractivity contribution < 1.29 is 31.9 Å². The molecule has 7 nitrogen and oxygen atoms in total. The van der Waals surface area contributed by atoms with Crippen molar-refractivity contribution in [3.63, 3.8) is 0 Å². The fourth-order valence-electron chi connectivity index (χ4n) is 3.94. The molecule has 3 aromatic rings. The van der Waals surface area contributed by atoms with Gasteiger partial charge in [0.1, 0.15) is 11.5 Å². The number of furan rings is 1. The summed E-state index contributed by atoms with van der Waals surface area (Å²) in [5.74, 6) is -0.198. The van der Waals surface area contributed by atoms with Crippen molar-refractivity contribution in [3.05, 3.63) is 82.3 Å². The van der Waals surface area contributed by atoms with Crippen LogP contribution in [-0.2, 0) is 12.6 Å². The van der Waals surface area contributed by atoms with E-state index in [2.05, 4.69) is 15.8 Å². The molecule has 0 unspecified atom stereocenters. The number of carbonyl (C=O) groups excluding carboxylic acids is 2. The number of anilines is 1. The first-order chi connectivity index (χ1) is 16.7. The highest BCUT2D eigenvalue weighted by Crippen LogP contribution is 2.35. The average molecular weight is 485 g/mol. The van der Waals surface area contributed by atoms with E-state index in [9.17, 15) is 22.8 Å². The number of hydrazone groups is 1. The van der Waals surface area contributed by atoms with Crippen LogP contribution in [0.2, 0.25) is 0 Å². The zero-order valence-electron chi connectivity index (χ0n) is 19.0. The van der Waals surface area contributed by atoms with Crippen molar-refractivity contribution >= 4 is 23.2 Å². The molecule has 1 heterocycles. The second kappa shape index (κ2) is 9.65. The molecule has 0 spiro atoms. The van der Waals surface area contributed by atoms with E-state index in [0.29, 0.717) is 53.2 Å². The Morgan fingerprint density at radius 1 is 1.03 bits per heavy atom. The van der Waals surface area contributed by atoms with Crippen LogP contribution >= 0.6 is 0 Å². The van der Waals surface area contributed by atoms with Gasteiger partial charge in [0, 0.05) is 23.1 Å². The van der Waals surface area contributed by atoms with Crippen LogP contribution in [0.15, 0.2) is 58.0 Å². The standard InChI is InChI=1S/C25H22F3N3O4/c1-14-21-19(30-31-23(32)15-10-12-16(34-2)13-11-15)8-5-9-20(21)35-22(14)24(33)29-18-7-4-3-6-17(18)25(26,27)28/h3-4,6-7,10-13H,5,8-9H2,1-2H3,(H,29,33)(H,31,32)/b30-19+. The van der Waals surface area contributed by atoms with Crippen LogP contribution in [0.5, 0.6) is 5.75 Å². The number of alkyl halides is 3. The molecule has 2 N–H and O–H groups in total. The Morgan fingerprint density at radius 2 is 1.74 bits per heavy atom. The van der Waals surface area contributed by atoms with E-state index in [1.807, 2.05) is 0 Å². The Morgan fingerprint density at radius 3 is 2.43 bits per heavy atom. The molecule has 0 saturated heterocycles. The quantitative estimate of drug-likeness (QED) is 0.478. The van der Waals surface area contributed by atoms with E-state index >= 15 is 0 Å². The number of para-hydroxylation sites is 1. The minimum absolute atomic E-state index is 0.0944. The first kappa shape index (κ1) is 24.1. The van der Waals surface area contributed by atoms with Crippen LogP contribution in [0, 0.1) is 6.92 Å². The highest BCUT2D eigenvalue weighted by Gasteiger charge is 2.34. The van der Waals surface area contributed by atoms with E-state index in [-0.39, 0.29) is 11.4 Å². The summed E-state index contributed by atoms with van der Waals surface area (Å²) in [6, 6.07) is 11.2. The summed E-state index contributed by atoms with van der Waals surface area (Å²) in [6.45, 7) is 1.64. The Balaban J connectivity index is 1.57. The zero-order chi connectivity index (χ0) is 25.2. The number of nitrogens with one attached hydrogen (secondary N) is 2. The highest BCUT2D eigenvalue weighted by atomic mass is 19.4. The molecule has 0 radical (unpaired) electrons. The summed E-state index contributed by atoms with van der Waals surface area (Å²) in [5, 5.41) is 6.56. The van der Waals surface area contributed by atoms with Gasteiger partial charge in [-0.1, -0.05) is 12.1 Å². The monoisotopic (exact) mass is 485 g/mol. The van der Waals surface area contributed by atoms with Crippen LogP contribution < -0.4 is 15.5 Å². The van der Waals surface area contributed by atoms with Gasteiger partial charge in [-0.25, -0.2) is 5.43 Å². The van der Waals surface area contributed by atoms with Gasteiger partial charge < -0.3 is 14.5 Å². The number of fused-ring (bicyclic) bond motifs is 1. The lowest BCUT2D eigenvalue weighted by molar-refractivity contribution is -0.136. The van der Waals surface area contributed by atoms with Crippen LogP contribution in [0.25, 0.3) is 0 Å². The van der Waals surface area contributed by atoms with E-state index in [1.54, 1.807) is 31.2 Å². The Hall–Kier alpha value is -4.08. The van der Waals surface area contributed by atoms with Gasteiger partial charge in [0.15, 0.2) is 5.76 Å². The van der Waals surface area contributed by atoms with Gasteiger partial charge in [-0.3, -0.25) is 9.59 Å². The topological polar surface area (TPSA) is 92.9 Å². The van der Waals surface area contributed by atoms with Crippen molar-refractivity contribution in [1.29, 1.82) is 0 Å². The zero-order valence-corrected chi connectivity index (χ0v) is 19.0. The number of ether oxygens (including phenoxy) is 1. The largest absolute Gasteiger partial charge is 0.497 e. The average Bonchev–Trinajstić information content (AvgIpc) is 3.19. The molecule has 0 atom stereocenters. The number of methoxy groups -OCH3 is 1. The molecule has 2 aromatic carbocycles. The smallest absolute Gasteiger partial charge is 0.418 e. The highest BCUT2D eigenvalue weighted by molar-refractivity contribution is 6.09. The normalized spacial score (nSPS) is 14.4. The molecular weight excluding hydrogens is 463 g/mol. The van der Waals surface area contributed by atoms with Gasteiger partial charge in [-0.15, -0.1) is 0 Å². The summed E-state index contributed by atoms with van der Waals surface area (Å²) in [6.07, 6.45) is -2.87. The first-order valence-corrected chi connectivity index (χ1v) is 10.8. The number of benzene rings is 2. The Labute approximate surface area is 199 Å². The second-order valence-corrected chi connectivity index (χ2v) is 7.93. The molecule has 1 aliphatic carbocycles. The molecule has 2 amide bonds. The summed E-state index contributed by atoms with van der Waals surface area (Å²) in [4.78, 5) is 25.3. The molecule has 0 saturated carbocycles. The van der Waals surface area contributed by atoms with Crippen molar-refractivity contribution in [2.24, 2.45) is 5.10 Å². The summed E-state index contributed by atoms with van der Waals surface area (Å²) >= 11 is 0. The van der Waals surface area contributed by atoms with Gasteiger partial charge in [0.25, 0.3) is 11.8 Å². The van der Waals surface area contributed by atoms with Gasteiger partial charge in [0.05, 0.1) is 24.1 Å². The number of halogens is 3. The maximum absolute atomic E-state index is 13.3. The van der Waals surface area contributed by atoms with Crippen molar-refractivity contribution in [2.75, 3.05) is 12.4 Å². The van der Waals surface area contributed by atoms with Crippen LogP contribution in [0.1, 0.15) is 56.2 Å². The van der Waals surface area contributed by atoms with Crippen LogP contribution in [0.4, 0.5) is 18.9 Å². The molecule has 10 heteroatoms. The second-order valence-electron chi connectivity index (χ2n) is 7.93. The predicted molar refractivity (Wildman–Crippen MR) is 123 cm³/mol. The molecule has 0 fully saturated rings. The Bertz CT molecular complexity index is 1290. The fraction of sp³-hybridized carbons (Fsp3) is 0.240. The first-order valence-electron chi connectivity index (χ1n) is 10.8. The van der Waals surface area contributed by atoms with Gasteiger partial charge in [0.2, 0.25) is 0 Å². The number of hydrogen-bond donors (Lipinski definition) is 2. The predicted octanol–water partition coefficient (Wildman–Crippen LogP) is 5.34. The number of aryl methyl sites for hydroxylation is 1. The third-order valence-electron chi connectivity index (χ3n) is 5.66. The molecule has 0 aliphatic heterocycles. The summed E-state index contributed by atoms with van der Waals surface area (Å²) < 4.78 is 50.7. The molecule has 1 aromatic heterocycles. The molecule has 4 rings (SSSR count). The lowest BCUT2D eigenvalue weighted by atomic mass is 9.93. The SMILES string of the molecule is COc1ccc(C(=O)N/N=C2\CCCc3oc(C(=O)Nc4ccccc4C(F)(F)F)c(C)c32)cc1. The maximum Gasteiger partial charge on any atom is 0.418 e. The van der Waals surface area contributed by atoms with E-state index in [0.717, 1.165) is 6.07 Å². The molecule has 182 valence electrons. The van der Waals surface area contributed by atoms with Crippen molar-refractivity contribution in [2.45, 2.75) is 32.4 Å². The number of rotatable bonds is 5. The van der Waals surface area contributed by atoms with Gasteiger partial charge in [-0.2, -0.15) is 18.3 Å². The fourth-order valence-corrected chi connectivity index (χ4v) is 3.94. The van der Waals surface area contributed by atoms with E-state index in [1.165, 1.54) is 25.3 Å². The van der Waals surface area contributed by atoms with Gasteiger partial charge in [-0.05, 0) is 56.2 Å². The number of carbonyl (C=O) groups is 2. The van der Waals surface area contributed by atoms with Crippen molar-refractivity contribution in [1.82, 2.24) is 5.43 Å². The lowest BCUT2D eigenvalue weighted by Crippen LogP contribution is -2.22. The molecule has 1 aliphatic rings. The van der Waals surface area contributed by atoms with Crippen LogP contribution in [-0.4, -0.2) is 24.6 Å². The van der Waals surface area contributed by atoms with E-state index < -0.39 is 23.6 Å². The minimum atomic E-state index is -4.62. The lowest BCUT2D eigenvalue weighted by Gasteiger charge is -2.13. The molecule has 35 heavy (non-hydrogen) atoms. The molecular formula is C25H22F3N3O4. The number of hydrogen-bond acceptors (Lipinski definition) is 5. The minimum Gasteiger partial charge on any atom is -0.497 e. The number of nitrogens with zero attached hydrogens (tertiary/aromatic N) is 1. The van der Waals surface area contributed by atoms with Crippen molar-refractivity contribution in [3.8, 4) is 5.75 Å². The third-order valence-corrected chi connectivity index (χ3v) is 5.66. The summed E-state index contributed by atoms with van der Waals surface area (Å²) in [7, 11) is 1.53. The van der Waals surface area contributed by atoms with Crippen LogP contribution in [0.3, 0.4) is 0 Å². The Kier molecular flexibility index (Phi) is 6.63.